The maximum atomic E-state index is 10.1. The quantitative estimate of drug-likeness (QED) is 0.785. The maximum absolute atomic E-state index is 10.1. The fourth-order valence-electron chi connectivity index (χ4n) is 3.30. The average Bonchev–Trinajstić information content (AvgIpc) is 2.44. The maximum Gasteiger partial charge on any atom is 0.0897 e. The third-order valence-corrected chi connectivity index (χ3v) is 4.80. The van der Waals surface area contributed by atoms with E-state index in [-0.39, 0.29) is 6.10 Å². The minimum Gasteiger partial charge on any atom is -0.389 e. The van der Waals surface area contributed by atoms with Gasteiger partial charge in [0.25, 0.3) is 0 Å². The molecule has 0 unspecified atom stereocenters. The number of nitrogens with one attached hydrogen (secondary N) is 1. The highest BCUT2D eigenvalue weighted by Gasteiger charge is 2.32. The molecule has 1 saturated carbocycles. The highest BCUT2D eigenvalue weighted by molar-refractivity contribution is 4.88. The molecule has 1 heterocycles. The number of aliphatic hydroxyl groups excluding tert-OH is 1. The van der Waals surface area contributed by atoms with Crippen molar-refractivity contribution in [3.63, 3.8) is 0 Å². The first-order valence-corrected chi connectivity index (χ1v) is 8.19. The number of hydrogen-bond acceptors (Lipinski definition) is 4. The van der Waals surface area contributed by atoms with E-state index < -0.39 is 6.10 Å². The van der Waals surface area contributed by atoms with Gasteiger partial charge in [-0.05, 0) is 31.1 Å². The molecule has 0 bridgehead atoms. The van der Waals surface area contributed by atoms with Gasteiger partial charge in [0, 0.05) is 25.8 Å². The normalized spacial score (nSPS) is 29.2. The molecule has 1 aliphatic carbocycles. The van der Waals surface area contributed by atoms with Crippen LogP contribution in [0.25, 0.3) is 0 Å². The summed E-state index contributed by atoms with van der Waals surface area (Å²) < 4.78 is 11.1. The summed E-state index contributed by atoms with van der Waals surface area (Å²) in [6.45, 7) is 7.30. The second-order valence-electron chi connectivity index (χ2n) is 6.99. The predicted molar refractivity (Wildman–Crippen MR) is 79.8 cm³/mol. The van der Waals surface area contributed by atoms with Gasteiger partial charge in [0.1, 0.15) is 0 Å². The minimum atomic E-state index is -0.407. The zero-order valence-electron chi connectivity index (χ0n) is 13.1. The van der Waals surface area contributed by atoms with Crippen molar-refractivity contribution in [1.29, 1.82) is 0 Å². The molecule has 2 aliphatic rings. The molecule has 4 nitrogen and oxygen atoms in total. The molecule has 2 N–H and O–H groups in total. The van der Waals surface area contributed by atoms with E-state index in [4.69, 9.17) is 9.47 Å². The molecule has 1 aliphatic heterocycles. The van der Waals surface area contributed by atoms with E-state index in [0.717, 1.165) is 26.1 Å². The largest absolute Gasteiger partial charge is 0.389 e. The monoisotopic (exact) mass is 285 g/mol. The summed E-state index contributed by atoms with van der Waals surface area (Å²) in [5, 5.41) is 13.6. The van der Waals surface area contributed by atoms with Crippen LogP contribution in [0, 0.1) is 5.41 Å². The molecule has 20 heavy (non-hydrogen) atoms. The Morgan fingerprint density at radius 2 is 2.00 bits per heavy atom. The zero-order chi connectivity index (χ0) is 14.4. The second kappa shape index (κ2) is 7.74. The first kappa shape index (κ1) is 16.2. The van der Waals surface area contributed by atoms with Gasteiger partial charge in [0.15, 0.2) is 0 Å². The van der Waals surface area contributed by atoms with Gasteiger partial charge in [-0.2, -0.15) is 0 Å². The number of ether oxygens (including phenoxy) is 2. The van der Waals surface area contributed by atoms with Crippen molar-refractivity contribution in [1.82, 2.24) is 5.32 Å². The van der Waals surface area contributed by atoms with Crippen molar-refractivity contribution in [2.75, 3.05) is 26.4 Å². The van der Waals surface area contributed by atoms with E-state index in [1.807, 2.05) is 0 Å². The van der Waals surface area contributed by atoms with E-state index in [9.17, 15) is 5.11 Å². The van der Waals surface area contributed by atoms with E-state index in [1.165, 1.54) is 25.7 Å². The van der Waals surface area contributed by atoms with Gasteiger partial charge in [0.05, 0.1) is 18.8 Å². The van der Waals surface area contributed by atoms with E-state index in [2.05, 4.69) is 19.2 Å². The molecule has 2 atom stereocenters. The Morgan fingerprint density at radius 1 is 1.25 bits per heavy atom. The Labute approximate surface area is 123 Å². The van der Waals surface area contributed by atoms with Gasteiger partial charge in [-0.25, -0.2) is 0 Å². The molecular weight excluding hydrogens is 254 g/mol. The molecular formula is C16H31NO3. The molecule has 0 radical (unpaired) electrons. The van der Waals surface area contributed by atoms with Crippen LogP contribution in [0.15, 0.2) is 0 Å². The lowest BCUT2D eigenvalue weighted by molar-refractivity contribution is -0.0596. The molecule has 0 amide bonds. The number of rotatable bonds is 6. The van der Waals surface area contributed by atoms with Crippen LogP contribution in [0.5, 0.6) is 0 Å². The zero-order valence-corrected chi connectivity index (χ0v) is 13.1. The smallest absolute Gasteiger partial charge is 0.0897 e. The van der Waals surface area contributed by atoms with Crippen LogP contribution in [0.2, 0.25) is 0 Å². The van der Waals surface area contributed by atoms with Crippen molar-refractivity contribution in [3.05, 3.63) is 0 Å². The van der Waals surface area contributed by atoms with Gasteiger partial charge in [-0.3, -0.25) is 0 Å². The lowest BCUT2D eigenvalue weighted by Gasteiger charge is -2.39. The summed E-state index contributed by atoms with van der Waals surface area (Å²) in [4.78, 5) is 0. The van der Waals surface area contributed by atoms with Crippen LogP contribution >= 0.6 is 0 Å². The topological polar surface area (TPSA) is 50.7 Å². The number of aliphatic hydroxyl groups is 1. The standard InChI is InChI=1S/C16H31NO3/c1-16(2)8-4-3-5-15(16)17-11-13(18)12-20-14-6-9-19-10-7-14/h13-15,17-18H,3-12H2,1-2H3/t13-,15-/m0/s1. The van der Waals surface area contributed by atoms with E-state index >= 15 is 0 Å². The van der Waals surface area contributed by atoms with Gasteiger partial charge >= 0.3 is 0 Å². The SMILES string of the molecule is CC1(C)CCCC[C@@H]1NC[C@H](O)COC1CCOCC1. The fraction of sp³-hybridized carbons (Fsp3) is 1.00. The van der Waals surface area contributed by atoms with Crippen LogP contribution in [0.3, 0.4) is 0 Å². The molecule has 0 aromatic carbocycles. The first-order chi connectivity index (χ1) is 9.58. The Bertz CT molecular complexity index is 277. The average molecular weight is 285 g/mol. The van der Waals surface area contributed by atoms with Gasteiger partial charge < -0.3 is 19.9 Å². The van der Waals surface area contributed by atoms with Crippen LogP contribution < -0.4 is 5.32 Å². The van der Waals surface area contributed by atoms with Crippen LogP contribution in [-0.2, 0) is 9.47 Å². The second-order valence-corrected chi connectivity index (χ2v) is 6.99. The summed E-state index contributed by atoms with van der Waals surface area (Å²) in [6, 6.07) is 0.522. The fourth-order valence-corrected chi connectivity index (χ4v) is 3.30. The van der Waals surface area contributed by atoms with Gasteiger partial charge in [0.2, 0.25) is 0 Å². The van der Waals surface area contributed by atoms with Gasteiger partial charge in [-0.1, -0.05) is 26.7 Å². The number of hydrogen-bond donors (Lipinski definition) is 2. The summed E-state index contributed by atoms with van der Waals surface area (Å²) >= 11 is 0. The minimum absolute atomic E-state index is 0.268. The Balaban J connectivity index is 1.62. The Hall–Kier alpha value is -0.160. The van der Waals surface area contributed by atoms with Crippen LogP contribution in [-0.4, -0.2) is 49.7 Å². The molecule has 1 saturated heterocycles. The van der Waals surface area contributed by atoms with E-state index in [1.54, 1.807) is 0 Å². The Kier molecular flexibility index (Phi) is 6.27. The molecule has 0 aromatic heterocycles. The van der Waals surface area contributed by atoms with Crippen molar-refractivity contribution in [2.45, 2.75) is 70.6 Å². The van der Waals surface area contributed by atoms with E-state index in [0.29, 0.717) is 24.6 Å². The predicted octanol–water partition coefficient (Wildman–Crippen LogP) is 2.10. The lowest BCUT2D eigenvalue weighted by Crippen LogP contribution is -2.47. The molecule has 118 valence electrons. The van der Waals surface area contributed by atoms with Crippen molar-refractivity contribution in [3.8, 4) is 0 Å². The van der Waals surface area contributed by atoms with Crippen LogP contribution in [0.4, 0.5) is 0 Å². The first-order valence-electron chi connectivity index (χ1n) is 8.19. The van der Waals surface area contributed by atoms with Crippen molar-refractivity contribution < 1.29 is 14.6 Å². The Morgan fingerprint density at radius 3 is 2.70 bits per heavy atom. The molecule has 4 heteroatoms. The molecule has 2 rings (SSSR count). The highest BCUT2D eigenvalue weighted by atomic mass is 16.5. The summed E-state index contributed by atoms with van der Waals surface area (Å²) in [5.41, 5.74) is 0.347. The third-order valence-electron chi connectivity index (χ3n) is 4.80. The molecule has 0 aromatic rings. The molecule has 2 fully saturated rings. The summed E-state index contributed by atoms with van der Waals surface area (Å²) in [7, 11) is 0. The van der Waals surface area contributed by atoms with Crippen molar-refractivity contribution >= 4 is 0 Å². The summed E-state index contributed by atoms with van der Waals surface area (Å²) in [6.07, 6.45) is 6.90. The highest BCUT2D eigenvalue weighted by Crippen LogP contribution is 2.35. The van der Waals surface area contributed by atoms with Crippen LogP contribution in [0.1, 0.15) is 52.4 Å². The van der Waals surface area contributed by atoms with Gasteiger partial charge in [-0.15, -0.1) is 0 Å². The van der Waals surface area contributed by atoms with Crippen molar-refractivity contribution in [2.24, 2.45) is 5.41 Å². The molecule has 0 spiro atoms. The third kappa shape index (κ3) is 4.99. The summed E-state index contributed by atoms with van der Waals surface area (Å²) in [5.74, 6) is 0. The lowest BCUT2D eigenvalue weighted by atomic mass is 9.73.